The third kappa shape index (κ3) is 7.71. The number of nitrogens with zero attached hydrogens (tertiary/aromatic N) is 2. The number of carbonyl (C=O) groups is 1. The van der Waals surface area contributed by atoms with E-state index in [0.29, 0.717) is 24.2 Å². The number of hydrogen-bond acceptors (Lipinski definition) is 2. The summed E-state index contributed by atoms with van der Waals surface area (Å²) in [5.74, 6) is 0. The lowest BCUT2D eigenvalue weighted by Gasteiger charge is -2.22. The van der Waals surface area contributed by atoms with Gasteiger partial charge in [0.2, 0.25) is 0 Å². The lowest BCUT2D eigenvalue weighted by atomic mass is 10.2. The third-order valence-electron chi connectivity index (χ3n) is 4.03. The predicted molar refractivity (Wildman–Crippen MR) is 97.9 cm³/mol. The molecule has 2 amide bonds. The van der Waals surface area contributed by atoms with Gasteiger partial charge in [0, 0.05) is 30.7 Å². The van der Waals surface area contributed by atoms with E-state index in [9.17, 15) is 4.79 Å². The Balaban J connectivity index is 2.31. The van der Waals surface area contributed by atoms with Crippen molar-refractivity contribution in [3.63, 3.8) is 0 Å². The van der Waals surface area contributed by atoms with Gasteiger partial charge >= 0.3 is 6.03 Å². The average molecular weight is 340 g/mol. The molecule has 23 heavy (non-hydrogen) atoms. The Bertz CT molecular complexity index is 479. The summed E-state index contributed by atoms with van der Waals surface area (Å²) in [6.45, 7) is 9.41. The van der Waals surface area contributed by atoms with Crippen LogP contribution in [0.25, 0.3) is 0 Å². The van der Waals surface area contributed by atoms with Gasteiger partial charge in [-0.1, -0.05) is 23.7 Å². The maximum atomic E-state index is 12.2. The molecule has 0 bridgehead atoms. The summed E-state index contributed by atoms with van der Waals surface area (Å²) < 4.78 is 0. The van der Waals surface area contributed by atoms with Gasteiger partial charge in [-0.05, 0) is 64.9 Å². The lowest BCUT2D eigenvalue weighted by Crippen LogP contribution is -2.40. The molecule has 0 aliphatic heterocycles. The number of amides is 2. The van der Waals surface area contributed by atoms with Gasteiger partial charge in [-0.25, -0.2) is 4.79 Å². The second-order valence-electron chi connectivity index (χ2n) is 6.16. The quantitative estimate of drug-likeness (QED) is 0.690. The zero-order valence-corrected chi connectivity index (χ0v) is 15.6. The van der Waals surface area contributed by atoms with Crippen molar-refractivity contribution in [3.8, 4) is 0 Å². The van der Waals surface area contributed by atoms with Gasteiger partial charge in [0.05, 0.1) is 0 Å². The van der Waals surface area contributed by atoms with Crippen LogP contribution in [0.1, 0.15) is 39.2 Å². The summed E-state index contributed by atoms with van der Waals surface area (Å²) in [5.41, 5.74) is 1.05. The number of rotatable bonds is 9. The molecule has 5 heteroatoms. The van der Waals surface area contributed by atoms with Gasteiger partial charge in [-0.2, -0.15) is 0 Å². The van der Waals surface area contributed by atoms with Crippen molar-refractivity contribution < 1.29 is 4.79 Å². The molecule has 0 fully saturated rings. The van der Waals surface area contributed by atoms with E-state index in [2.05, 4.69) is 31.1 Å². The number of nitrogens with one attached hydrogen (secondary N) is 1. The van der Waals surface area contributed by atoms with Gasteiger partial charge in [0.15, 0.2) is 0 Å². The number of carbonyl (C=O) groups excluding carboxylic acids is 1. The van der Waals surface area contributed by atoms with Crippen molar-refractivity contribution in [2.45, 2.75) is 46.2 Å². The van der Waals surface area contributed by atoms with Crippen LogP contribution in [0.2, 0.25) is 5.02 Å². The van der Waals surface area contributed by atoms with Gasteiger partial charge in [0.1, 0.15) is 0 Å². The largest absolute Gasteiger partial charge is 0.338 e. The average Bonchev–Trinajstić information content (AvgIpc) is 2.51. The topological polar surface area (TPSA) is 35.6 Å². The smallest absolute Gasteiger partial charge is 0.317 e. The van der Waals surface area contributed by atoms with Crippen molar-refractivity contribution >= 4 is 17.6 Å². The summed E-state index contributed by atoms with van der Waals surface area (Å²) in [6.07, 6.45) is 2.09. The molecule has 130 valence electrons. The fourth-order valence-corrected chi connectivity index (χ4v) is 2.45. The van der Waals surface area contributed by atoms with Crippen LogP contribution in [-0.2, 0) is 6.54 Å². The fourth-order valence-electron chi connectivity index (χ4n) is 2.23. The summed E-state index contributed by atoms with van der Waals surface area (Å²) in [6, 6.07) is 8.20. The molecule has 0 aliphatic rings. The normalized spacial score (nSPS) is 11.1. The van der Waals surface area contributed by atoms with Crippen LogP contribution in [0, 0.1) is 0 Å². The monoisotopic (exact) mass is 339 g/mol. The van der Waals surface area contributed by atoms with Gasteiger partial charge in [-0.15, -0.1) is 0 Å². The van der Waals surface area contributed by atoms with E-state index < -0.39 is 0 Å². The zero-order chi connectivity index (χ0) is 17.2. The van der Waals surface area contributed by atoms with E-state index in [1.165, 1.54) is 0 Å². The highest BCUT2D eigenvalue weighted by Crippen LogP contribution is 2.12. The fraction of sp³-hybridized carbons (Fsp3) is 0.611. The van der Waals surface area contributed by atoms with Gasteiger partial charge in [-0.3, -0.25) is 0 Å². The molecule has 1 aromatic carbocycles. The molecule has 0 radical (unpaired) electrons. The van der Waals surface area contributed by atoms with E-state index in [0.717, 1.165) is 31.5 Å². The van der Waals surface area contributed by atoms with Gasteiger partial charge in [0.25, 0.3) is 0 Å². The second kappa shape index (κ2) is 10.5. The SMILES string of the molecule is CCN(Cc1cccc(Cl)c1)C(=O)NCCCCN(C)C(C)C. The minimum absolute atomic E-state index is 0.00955. The molecule has 0 heterocycles. The number of urea groups is 1. The molecule has 0 saturated carbocycles. The highest BCUT2D eigenvalue weighted by molar-refractivity contribution is 6.30. The molecular weight excluding hydrogens is 310 g/mol. The molecule has 4 nitrogen and oxygen atoms in total. The standard InChI is InChI=1S/C18H30ClN3O/c1-5-22(14-16-9-8-10-17(19)13-16)18(23)20-11-6-7-12-21(4)15(2)3/h8-10,13,15H,5-7,11-12,14H2,1-4H3,(H,20,23). The Hall–Kier alpha value is -1.26. The van der Waals surface area contributed by atoms with Crippen LogP contribution in [-0.4, -0.2) is 48.6 Å². The van der Waals surface area contributed by atoms with Crippen molar-refractivity contribution in [2.24, 2.45) is 0 Å². The Kier molecular flexibility index (Phi) is 9.03. The molecule has 0 atom stereocenters. The van der Waals surface area contributed by atoms with Crippen LogP contribution < -0.4 is 5.32 Å². The minimum Gasteiger partial charge on any atom is -0.338 e. The van der Waals surface area contributed by atoms with Crippen molar-refractivity contribution in [3.05, 3.63) is 34.9 Å². The third-order valence-corrected chi connectivity index (χ3v) is 4.26. The Morgan fingerprint density at radius 3 is 2.65 bits per heavy atom. The van der Waals surface area contributed by atoms with E-state index >= 15 is 0 Å². The molecule has 1 rings (SSSR count). The number of benzene rings is 1. The van der Waals surface area contributed by atoms with Crippen LogP contribution in [0.5, 0.6) is 0 Å². The number of unbranched alkanes of at least 4 members (excludes halogenated alkanes) is 1. The molecule has 0 aromatic heterocycles. The molecular formula is C18H30ClN3O. The van der Waals surface area contributed by atoms with E-state index in [1.54, 1.807) is 4.90 Å². The Morgan fingerprint density at radius 2 is 2.04 bits per heavy atom. The molecule has 0 spiro atoms. The first-order valence-corrected chi connectivity index (χ1v) is 8.79. The highest BCUT2D eigenvalue weighted by atomic mass is 35.5. The van der Waals surface area contributed by atoms with Crippen LogP contribution in [0.15, 0.2) is 24.3 Å². The first-order valence-electron chi connectivity index (χ1n) is 8.41. The van der Waals surface area contributed by atoms with Crippen molar-refractivity contribution in [1.82, 2.24) is 15.1 Å². The zero-order valence-electron chi connectivity index (χ0n) is 14.8. The highest BCUT2D eigenvalue weighted by Gasteiger charge is 2.11. The van der Waals surface area contributed by atoms with Gasteiger partial charge < -0.3 is 15.1 Å². The lowest BCUT2D eigenvalue weighted by molar-refractivity contribution is 0.197. The maximum absolute atomic E-state index is 12.2. The second-order valence-corrected chi connectivity index (χ2v) is 6.59. The van der Waals surface area contributed by atoms with Crippen molar-refractivity contribution in [1.29, 1.82) is 0 Å². The summed E-state index contributed by atoms with van der Waals surface area (Å²) in [5, 5.41) is 3.71. The molecule has 1 aromatic rings. The number of halogens is 1. The van der Waals surface area contributed by atoms with Crippen LogP contribution in [0.4, 0.5) is 4.79 Å². The molecule has 0 aliphatic carbocycles. The Morgan fingerprint density at radius 1 is 1.30 bits per heavy atom. The van der Waals surface area contributed by atoms with E-state index in [1.807, 2.05) is 31.2 Å². The molecule has 1 N–H and O–H groups in total. The van der Waals surface area contributed by atoms with Crippen molar-refractivity contribution in [2.75, 3.05) is 26.7 Å². The minimum atomic E-state index is -0.00955. The Labute approximate surface area is 145 Å². The summed E-state index contributed by atoms with van der Waals surface area (Å²) >= 11 is 5.99. The predicted octanol–water partition coefficient (Wildman–Crippen LogP) is 3.99. The molecule has 0 saturated heterocycles. The summed E-state index contributed by atoms with van der Waals surface area (Å²) in [4.78, 5) is 16.4. The van der Waals surface area contributed by atoms with E-state index in [-0.39, 0.29) is 6.03 Å². The first kappa shape index (κ1) is 19.8. The van der Waals surface area contributed by atoms with Crippen LogP contribution in [0.3, 0.4) is 0 Å². The first-order chi connectivity index (χ1) is 10.9. The van der Waals surface area contributed by atoms with E-state index in [4.69, 9.17) is 11.6 Å². The molecule has 0 unspecified atom stereocenters. The van der Waals surface area contributed by atoms with Crippen LogP contribution >= 0.6 is 11.6 Å². The number of hydrogen-bond donors (Lipinski definition) is 1. The maximum Gasteiger partial charge on any atom is 0.317 e. The summed E-state index contributed by atoms with van der Waals surface area (Å²) in [7, 11) is 2.13.